The van der Waals surface area contributed by atoms with Gasteiger partial charge in [-0.05, 0) is 19.4 Å². The quantitative estimate of drug-likeness (QED) is 0.259. The maximum Gasteiger partial charge on any atom is 0.408 e. The molecule has 2 aromatic carbocycles. The normalized spacial score (nSPS) is 13.2. The van der Waals surface area contributed by atoms with Gasteiger partial charge in [0.25, 0.3) is 5.67 Å². The first kappa shape index (κ1) is 24.5. The third-order valence-electron chi connectivity index (χ3n) is 4.33. The SMILES string of the molecule is CCOC(=O)[C@@H](NC(=O)OCc1ccccc1)[C@@](F)(C(=O)OCC)C(=O)c1ccccc1. The number of alkyl halides is 1. The fourth-order valence-electron chi connectivity index (χ4n) is 2.81. The molecule has 2 aromatic rings. The van der Waals surface area contributed by atoms with Gasteiger partial charge < -0.3 is 19.5 Å². The van der Waals surface area contributed by atoms with E-state index in [0.29, 0.717) is 5.56 Å². The molecule has 0 radical (unpaired) electrons. The minimum Gasteiger partial charge on any atom is -0.464 e. The van der Waals surface area contributed by atoms with Crippen molar-refractivity contribution in [2.75, 3.05) is 13.2 Å². The Labute approximate surface area is 184 Å². The zero-order valence-electron chi connectivity index (χ0n) is 17.7. The third-order valence-corrected chi connectivity index (χ3v) is 4.33. The Morgan fingerprint density at radius 3 is 2.00 bits per heavy atom. The van der Waals surface area contributed by atoms with Gasteiger partial charge in [-0.2, -0.15) is 0 Å². The van der Waals surface area contributed by atoms with Crippen LogP contribution in [0.3, 0.4) is 0 Å². The summed E-state index contributed by atoms with van der Waals surface area (Å²) in [4.78, 5) is 50.5. The van der Waals surface area contributed by atoms with E-state index in [2.05, 4.69) is 0 Å². The molecule has 9 heteroatoms. The molecule has 0 aliphatic carbocycles. The van der Waals surface area contributed by atoms with Crippen LogP contribution in [0.15, 0.2) is 60.7 Å². The van der Waals surface area contributed by atoms with Crippen LogP contribution >= 0.6 is 0 Å². The number of esters is 2. The number of ether oxygens (including phenoxy) is 3. The molecule has 170 valence electrons. The number of hydrogen-bond acceptors (Lipinski definition) is 7. The maximum absolute atomic E-state index is 16.2. The Morgan fingerprint density at radius 1 is 0.875 bits per heavy atom. The predicted molar refractivity (Wildman–Crippen MR) is 111 cm³/mol. The van der Waals surface area contributed by atoms with E-state index >= 15 is 4.39 Å². The molecule has 0 saturated carbocycles. The van der Waals surface area contributed by atoms with Crippen LogP contribution in [0.1, 0.15) is 29.8 Å². The summed E-state index contributed by atoms with van der Waals surface area (Å²) < 4.78 is 30.8. The smallest absolute Gasteiger partial charge is 0.408 e. The molecule has 0 heterocycles. The molecule has 2 atom stereocenters. The highest BCUT2D eigenvalue weighted by molar-refractivity contribution is 6.19. The zero-order chi connectivity index (χ0) is 23.6. The van der Waals surface area contributed by atoms with Crippen molar-refractivity contribution in [1.29, 1.82) is 0 Å². The van der Waals surface area contributed by atoms with Gasteiger partial charge in [-0.25, -0.2) is 18.8 Å². The van der Waals surface area contributed by atoms with Crippen LogP contribution in [0, 0.1) is 0 Å². The second kappa shape index (κ2) is 11.6. The Morgan fingerprint density at radius 2 is 1.44 bits per heavy atom. The summed E-state index contributed by atoms with van der Waals surface area (Å²) in [5.74, 6) is -4.32. The maximum atomic E-state index is 16.2. The van der Waals surface area contributed by atoms with Gasteiger partial charge in [-0.3, -0.25) is 4.79 Å². The zero-order valence-corrected chi connectivity index (χ0v) is 17.7. The Hall–Kier alpha value is -3.75. The van der Waals surface area contributed by atoms with E-state index in [-0.39, 0.29) is 25.4 Å². The molecular formula is C23H24FNO7. The van der Waals surface area contributed by atoms with E-state index in [4.69, 9.17) is 14.2 Å². The number of nitrogens with one attached hydrogen (secondary N) is 1. The van der Waals surface area contributed by atoms with Crippen molar-refractivity contribution in [3.63, 3.8) is 0 Å². The van der Waals surface area contributed by atoms with Crippen LogP contribution in [0.2, 0.25) is 0 Å². The van der Waals surface area contributed by atoms with Crippen LogP contribution in [-0.4, -0.2) is 48.7 Å². The fourth-order valence-corrected chi connectivity index (χ4v) is 2.81. The molecule has 0 bridgehead atoms. The first-order valence-corrected chi connectivity index (χ1v) is 9.94. The van der Waals surface area contributed by atoms with E-state index in [1.165, 1.54) is 38.1 Å². The monoisotopic (exact) mass is 445 g/mol. The Balaban J connectivity index is 2.37. The van der Waals surface area contributed by atoms with Crippen molar-refractivity contribution >= 4 is 23.8 Å². The molecule has 2 rings (SSSR count). The lowest BCUT2D eigenvalue weighted by molar-refractivity contribution is -0.163. The number of benzene rings is 2. The second-order valence-electron chi connectivity index (χ2n) is 6.52. The molecule has 1 N–H and O–H groups in total. The summed E-state index contributed by atoms with van der Waals surface area (Å²) >= 11 is 0. The Bertz CT molecular complexity index is 936. The number of ketones is 1. The number of hydrogen-bond donors (Lipinski definition) is 1. The highest BCUT2D eigenvalue weighted by atomic mass is 19.1. The average Bonchev–Trinajstić information content (AvgIpc) is 2.81. The van der Waals surface area contributed by atoms with Crippen LogP contribution in [-0.2, 0) is 30.4 Å². The van der Waals surface area contributed by atoms with Crippen molar-refractivity contribution < 1.29 is 37.8 Å². The predicted octanol–water partition coefficient (Wildman–Crippen LogP) is 3.00. The van der Waals surface area contributed by atoms with Gasteiger partial charge in [-0.1, -0.05) is 60.7 Å². The molecule has 0 unspecified atom stereocenters. The molecule has 1 amide bonds. The molecule has 8 nitrogen and oxygen atoms in total. The molecule has 0 spiro atoms. The second-order valence-corrected chi connectivity index (χ2v) is 6.52. The highest BCUT2D eigenvalue weighted by Crippen LogP contribution is 2.26. The van der Waals surface area contributed by atoms with E-state index in [1.54, 1.807) is 36.4 Å². The molecule has 0 aromatic heterocycles. The Kier molecular flexibility index (Phi) is 8.88. The molecule has 32 heavy (non-hydrogen) atoms. The van der Waals surface area contributed by atoms with Crippen molar-refractivity contribution in [3.05, 3.63) is 71.8 Å². The van der Waals surface area contributed by atoms with Gasteiger partial charge in [0, 0.05) is 5.56 Å². The van der Waals surface area contributed by atoms with E-state index < -0.39 is 35.5 Å². The van der Waals surface area contributed by atoms with Crippen molar-refractivity contribution in [2.45, 2.75) is 32.2 Å². The lowest BCUT2D eigenvalue weighted by Gasteiger charge is -2.29. The van der Waals surface area contributed by atoms with Gasteiger partial charge in [0.15, 0.2) is 6.04 Å². The van der Waals surface area contributed by atoms with Crippen LogP contribution in [0.4, 0.5) is 9.18 Å². The number of Topliss-reactive ketones (excluding diaryl/α,β-unsaturated/α-hetero) is 1. The number of halogens is 1. The summed E-state index contributed by atoms with van der Waals surface area (Å²) in [6.07, 6.45) is -1.22. The first-order chi connectivity index (χ1) is 15.3. The number of carbonyl (C=O) groups excluding carboxylic acids is 4. The first-order valence-electron chi connectivity index (χ1n) is 9.94. The van der Waals surface area contributed by atoms with Crippen molar-refractivity contribution in [2.24, 2.45) is 0 Å². The minimum absolute atomic E-state index is 0.186. The molecular weight excluding hydrogens is 421 g/mol. The van der Waals surface area contributed by atoms with Gasteiger partial charge in [-0.15, -0.1) is 0 Å². The number of rotatable bonds is 10. The lowest BCUT2D eigenvalue weighted by atomic mass is 9.87. The number of carbonyl (C=O) groups is 4. The summed E-state index contributed by atoms with van der Waals surface area (Å²) in [5, 5.41) is 1.97. The summed E-state index contributed by atoms with van der Waals surface area (Å²) in [6, 6.07) is 13.3. The van der Waals surface area contributed by atoms with Crippen molar-refractivity contribution in [3.8, 4) is 0 Å². The van der Waals surface area contributed by atoms with Crippen LogP contribution < -0.4 is 5.32 Å². The topological polar surface area (TPSA) is 108 Å². The molecule has 0 fully saturated rings. The average molecular weight is 445 g/mol. The summed E-state index contributed by atoms with van der Waals surface area (Å²) in [5.41, 5.74) is -3.15. The standard InChI is InChI=1S/C23H24FNO7/c1-3-30-20(27)18(25-22(29)32-15-16-11-7-5-8-12-16)23(24,21(28)31-4-2)19(26)17-13-9-6-10-14-17/h5-14,18H,3-4,15H2,1-2H3,(H,25,29)/t18-,23+/m1/s1. The number of amides is 1. The van der Waals surface area contributed by atoms with E-state index in [0.717, 1.165) is 0 Å². The molecule has 0 aliphatic rings. The van der Waals surface area contributed by atoms with E-state index in [1.807, 2.05) is 5.32 Å². The molecule has 0 saturated heterocycles. The molecule has 0 aliphatic heterocycles. The summed E-state index contributed by atoms with van der Waals surface area (Å²) in [6.45, 7) is 2.22. The number of alkyl carbamates (subject to hydrolysis) is 1. The third kappa shape index (κ3) is 5.90. The fraction of sp³-hybridized carbons (Fsp3) is 0.304. The van der Waals surface area contributed by atoms with Gasteiger partial charge in [0.2, 0.25) is 5.78 Å². The van der Waals surface area contributed by atoms with Crippen molar-refractivity contribution in [1.82, 2.24) is 5.32 Å². The van der Waals surface area contributed by atoms with Gasteiger partial charge in [0.1, 0.15) is 6.61 Å². The highest BCUT2D eigenvalue weighted by Gasteiger charge is 2.59. The van der Waals surface area contributed by atoms with Crippen LogP contribution in [0.25, 0.3) is 0 Å². The van der Waals surface area contributed by atoms with Gasteiger partial charge >= 0.3 is 18.0 Å². The minimum atomic E-state index is -3.59. The largest absolute Gasteiger partial charge is 0.464 e. The van der Waals surface area contributed by atoms with Gasteiger partial charge in [0.05, 0.1) is 13.2 Å². The van der Waals surface area contributed by atoms with E-state index in [9.17, 15) is 19.2 Å². The summed E-state index contributed by atoms with van der Waals surface area (Å²) in [7, 11) is 0. The van der Waals surface area contributed by atoms with Crippen LogP contribution in [0.5, 0.6) is 0 Å². The lowest BCUT2D eigenvalue weighted by Crippen LogP contribution is -2.63.